The van der Waals surface area contributed by atoms with Gasteiger partial charge in [0.1, 0.15) is 0 Å². The third-order valence-corrected chi connectivity index (χ3v) is 2.81. The van der Waals surface area contributed by atoms with Gasteiger partial charge in [-0.1, -0.05) is 0 Å². The lowest BCUT2D eigenvalue weighted by atomic mass is 9.88. The number of carbonyl (C=O) groups is 1. The molecule has 0 aromatic heterocycles. The van der Waals surface area contributed by atoms with Gasteiger partial charge in [-0.3, -0.25) is 4.79 Å². The number of carboxylic acids is 1. The molecule has 0 spiro atoms. The van der Waals surface area contributed by atoms with Gasteiger partial charge < -0.3 is 14.7 Å². The van der Waals surface area contributed by atoms with Crippen LogP contribution in [0, 0.1) is 5.41 Å². The highest BCUT2D eigenvalue weighted by atomic mass is 16.5. The van der Waals surface area contributed by atoms with Crippen molar-refractivity contribution in [3.05, 3.63) is 0 Å². The fourth-order valence-corrected chi connectivity index (χ4v) is 1.49. The zero-order valence-corrected chi connectivity index (χ0v) is 11.0. The van der Waals surface area contributed by atoms with Crippen LogP contribution in [0.1, 0.15) is 33.1 Å². The predicted octanol–water partition coefficient (Wildman–Crippen LogP) is 1.85. The number of methoxy groups -OCH3 is 1. The Balaban J connectivity index is 3.61. The highest BCUT2D eigenvalue weighted by Gasteiger charge is 2.26. The first-order valence-corrected chi connectivity index (χ1v) is 5.81. The summed E-state index contributed by atoms with van der Waals surface area (Å²) in [5, 5.41) is 8.95. The molecule has 0 heterocycles. The van der Waals surface area contributed by atoms with Crippen LogP contribution in [0.5, 0.6) is 0 Å². The Kier molecular flexibility index (Phi) is 7.34. The second-order valence-electron chi connectivity index (χ2n) is 4.94. The van der Waals surface area contributed by atoms with Crippen LogP contribution in [0.25, 0.3) is 0 Å². The molecule has 16 heavy (non-hydrogen) atoms. The van der Waals surface area contributed by atoms with E-state index >= 15 is 0 Å². The van der Waals surface area contributed by atoms with Gasteiger partial charge in [0.05, 0.1) is 5.41 Å². The van der Waals surface area contributed by atoms with Gasteiger partial charge in [-0.05, 0) is 46.7 Å². The molecule has 96 valence electrons. The van der Waals surface area contributed by atoms with Crippen molar-refractivity contribution < 1.29 is 14.6 Å². The van der Waals surface area contributed by atoms with Crippen molar-refractivity contribution in [1.29, 1.82) is 0 Å². The van der Waals surface area contributed by atoms with E-state index < -0.39 is 11.4 Å². The van der Waals surface area contributed by atoms with Crippen LogP contribution in [0.3, 0.4) is 0 Å². The Morgan fingerprint density at radius 2 is 1.88 bits per heavy atom. The summed E-state index contributed by atoms with van der Waals surface area (Å²) in [4.78, 5) is 13.1. The van der Waals surface area contributed by atoms with E-state index in [4.69, 9.17) is 9.84 Å². The second-order valence-corrected chi connectivity index (χ2v) is 4.94. The highest BCUT2D eigenvalue weighted by molar-refractivity contribution is 5.73. The number of rotatable bonds is 9. The van der Waals surface area contributed by atoms with Gasteiger partial charge in [-0.25, -0.2) is 0 Å². The van der Waals surface area contributed by atoms with Crippen molar-refractivity contribution in [2.24, 2.45) is 5.41 Å². The Morgan fingerprint density at radius 1 is 1.31 bits per heavy atom. The zero-order chi connectivity index (χ0) is 12.6. The molecule has 0 aliphatic carbocycles. The smallest absolute Gasteiger partial charge is 0.309 e. The van der Waals surface area contributed by atoms with Gasteiger partial charge in [0.2, 0.25) is 0 Å². The third-order valence-electron chi connectivity index (χ3n) is 2.81. The van der Waals surface area contributed by atoms with E-state index in [2.05, 4.69) is 11.9 Å². The van der Waals surface area contributed by atoms with Crippen LogP contribution < -0.4 is 0 Å². The fourth-order valence-electron chi connectivity index (χ4n) is 1.49. The number of aliphatic carboxylic acids is 1. The van der Waals surface area contributed by atoms with Gasteiger partial charge in [0, 0.05) is 20.3 Å². The van der Waals surface area contributed by atoms with Gasteiger partial charge in [0.25, 0.3) is 0 Å². The van der Waals surface area contributed by atoms with Crippen LogP contribution in [0.2, 0.25) is 0 Å². The maximum absolute atomic E-state index is 10.9. The van der Waals surface area contributed by atoms with E-state index in [0.29, 0.717) is 0 Å². The summed E-state index contributed by atoms with van der Waals surface area (Å²) in [6.45, 7) is 6.28. The minimum absolute atomic E-state index is 0.604. The first-order chi connectivity index (χ1) is 7.40. The minimum atomic E-state index is -0.713. The van der Waals surface area contributed by atoms with E-state index in [0.717, 1.165) is 39.0 Å². The topological polar surface area (TPSA) is 49.8 Å². The minimum Gasteiger partial charge on any atom is -0.481 e. The molecule has 0 saturated carbocycles. The van der Waals surface area contributed by atoms with Gasteiger partial charge in [-0.15, -0.1) is 0 Å². The van der Waals surface area contributed by atoms with Crippen molar-refractivity contribution in [2.75, 3.05) is 33.9 Å². The summed E-state index contributed by atoms with van der Waals surface area (Å²) in [7, 11) is 3.76. The lowest BCUT2D eigenvalue weighted by molar-refractivity contribution is -0.147. The molecule has 0 bridgehead atoms. The summed E-state index contributed by atoms with van der Waals surface area (Å²) >= 11 is 0. The molecule has 4 nitrogen and oxygen atoms in total. The molecule has 0 aliphatic rings. The second kappa shape index (κ2) is 7.63. The first kappa shape index (κ1) is 15.4. The molecule has 4 heteroatoms. The highest BCUT2D eigenvalue weighted by Crippen LogP contribution is 2.22. The average Bonchev–Trinajstić information content (AvgIpc) is 2.17. The maximum atomic E-state index is 10.9. The van der Waals surface area contributed by atoms with Crippen molar-refractivity contribution in [2.45, 2.75) is 33.1 Å². The first-order valence-electron chi connectivity index (χ1n) is 5.81. The number of carboxylic acid groups (broad SMARTS) is 1. The molecule has 0 amide bonds. The normalized spacial score (nSPS) is 12.1. The van der Waals surface area contributed by atoms with E-state index in [1.807, 2.05) is 0 Å². The Bertz CT molecular complexity index is 204. The summed E-state index contributed by atoms with van der Waals surface area (Å²) in [5.74, 6) is -0.713. The fraction of sp³-hybridized carbons (Fsp3) is 0.917. The molecule has 1 N–H and O–H groups in total. The van der Waals surface area contributed by atoms with Crippen LogP contribution in [0.15, 0.2) is 0 Å². The van der Waals surface area contributed by atoms with Crippen molar-refractivity contribution in [3.63, 3.8) is 0 Å². The Hall–Kier alpha value is -0.610. The molecular formula is C12H25NO3. The summed E-state index contributed by atoms with van der Waals surface area (Å²) < 4.78 is 4.98. The lowest BCUT2D eigenvalue weighted by Crippen LogP contribution is -2.27. The van der Waals surface area contributed by atoms with E-state index in [-0.39, 0.29) is 0 Å². The lowest BCUT2D eigenvalue weighted by Gasteiger charge is -2.21. The molecule has 0 radical (unpaired) electrons. The maximum Gasteiger partial charge on any atom is 0.309 e. The van der Waals surface area contributed by atoms with Crippen molar-refractivity contribution >= 4 is 5.97 Å². The SMILES string of the molecule is COCCCN(C)CCCC(C)(C)C(=O)O. The molecule has 0 aliphatic heterocycles. The largest absolute Gasteiger partial charge is 0.481 e. The average molecular weight is 231 g/mol. The summed E-state index contributed by atoms with van der Waals surface area (Å²) in [5.41, 5.74) is -0.604. The Labute approximate surface area is 98.6 Å². The molecule has 0 unspecified atom stereocenters. The monoisotopic (exact) mass is 231 g/mol. The van der Waals surface area contributed by atoms with Crippen LogP contribution >= 0.6 is 0 Å². The van der Waals surface area contributed by atoms with Gasteiger partial charge in [-0.2, -0.15) is 0 Å². The molecule has 0 aromatic rings. The number of hydrogen-bond acceptors (Lipinski definition) is 3. The standard InChI is InChI=1S/C12H25NO3/c1-12(2,11(14)15)7-5-8-13(3)9-6-10-16-4/h5-10H2,1-4H3,(H,14,15). The Morgan fingerprint density at radius 3 is 2.38 bits per heavy atom. The van der Waals surface area contributed by atoms with E-state index in [1.54, 1.807) is 21.0 Å². The molecule has 0 saturated heterocycles. The van der Waals surface area contributed by atoms with E-state index in [9.17, 15) is 4.79 Å². The number of hydrogen-bond donors (Lipinski definition) is 1. The molecular weight excluding hydrogens is 206 g/mol. The quantitative estimate of drug-likeness (QED) is 0.615. The van der Waals surface area contributed by atoms with Gasteiger partial charge >= 0.3 is 5.97 Å². The van der Waals surface area contributed by atoms with Crippen LogP contribution in [-0.4, -0.2) is 49.8 Å². The molecule has 0 rings (SSSR count). The number of nitrogens with zero attached hydrogens (tertiary/aromatic N) is 1. The zero-order valence-electron chi connectivity index (χ0n) is 11.0. The van der Waals surface area contributed by atoms with Crippen molar-refractivity contribution in [1.82, 2.24) is 4.90 Å². The van der Waals surface area contributed by atoms with E-state index in [1.165, 1.54) is 0 Å². The molecule has 0 atom stereocenters. The molecule has 0 fully saturated rings. The summed E-state index contributed by atoms with van der Waals surface area (Å²) in [6, 6.07) is 0. The van der Waals surface area contributed by atoms with Crippen molar-refractivity contribution in [3.8, 4) is 0 Å². The van der Waals surface area contributed by atoms with Crippen LogP contribution in [-0.2, 0) is 9.53 Å². The number of ether oxygens (including phenoxy) is 1. The molecule has 0 aromatic carbocycles. The summed E-state index contributed by atoms with van der Waals surface area (Å²) in [6.07, 6.45) is 2.66. The predicted molar refractivity (Wildman–Crippen MR) is 64.6 cm³/mol. The third kappa shape index (κ3) is 6.80. The van der Waals surface area contributed by atoms with Gasteiger partial charge in [0.15, 0.2) is 0 Å². The van der Waals surface area contributed by atoms with Crippen LogP contribution in [0.4, 0.5) is 0 Å².